The summed E-state index contributed by atoms with van der Waals surface area (Å²) in [6.45, 7) is 4.37. The van der Waals surface area contributed by atoms with E-state index >= 15 is 0 Å². The van der Waals surface area contributed by atoms with E-state index in [-0.39, 0.29) is 28.8 Å². The van der Waals surface area contributed by atoms with E-state index in [4.69, 9.17) is 4.74 Å². The third-order valence-corrected chi connectivity index (χ3v) is 3.94. The number of hydrogen-bond donors (Lipinski definition) is 1. The number of carbonyl (C=O) groups excluding carboxylic acids is 1. The Labute approximate surface area is 123 Å². The molecule has 114 valence electrons. The standard InChI is InChI=1S/C15H20N2O4/c1-15(2)7-6-10(9-15)16-14(18)12-5-4-11(17(19)20)8-13(12)21-3/h4-5,8,10H,6-7,9H2,1-3H3,(H,16,18). The summed E-state index contributed by atoms with van der Waals surface area (Å²) in [6.07, 6.45) is 2.97. The van der Waals surface area contributed by atoms with E-state index in [0.717, 1.165) is 19.3 Å². The summed E-state index contributed by atoms with van der Waals surface area (Å²) in [4.78, 5) is 22.6. The number of ether oxygens (including phenoxy) is 1. The number of nitro groups is 1. The zero-order valence-corrected chi connectivity index (χ0v) is 12.5. The van der Waals surface area contributed by atoms with Gasteiger partial charge in [0.2, 0.25) is 0 Å². The summed E-state index contributed by atoms with van der Waals surface area (Å²) in [6, 6.07) is 4.17. The molecule has 1 aliphatic rings. The van der Waals surface area contributed by atoms with E-state index in [0.29, 0.717) is 5.56 Å². The molecule has 0 aromatic heterocycles. The number of nitro benzene ring substituents is 1. The van der Waals surface area contributed by atoms with Crippen molar-refractivity contribution in [3.05, 3.63) is 33.9 Å². The van der Waals surface area contributed by atoms with Crippen LogP contribution in [-0.4, -0.2) is 24.0 Å². The minimum Gasteiger partial charge on any atom is -0.496 e. The molecule has 1 aromatic carbocycles. The van der Waals surface area contributed by atoms with E-state index in [2.05, 4.69) is 19.2 Å². The van der Waals surface area contributed by atoms with Crippen molar-refractivity contribution in [2.75, 3.05) is 7.11 Å². The highest BCUT2D eigenvalue weighted by Crippen LogP contribution is 2.37. The molecule has 0 saturated heterocycles. The minimum absolute atomic E-state index is 0.0922. The van der Waals surface area contributed by atoms with Crippen molar-refractivity contribution in [2.45, 2.75) is 39.2 Å². The fourth-order valence-electron chi connectivity index (χ4n) is 2.80. The molecule has 1 saturated carbocycles. The van der Waals surface area contributed by atoms with Gasteiger partial charge in [0.25, 0.3) is 11.6 Å². The third-order valence-electron chi connectivity index (χ3n) is 3.94. The first-order valence-corrected chi connectivity index (χ1v) is 6.96. The number of methoxy groups -OCH3 is 1. The fourth-order valence-corrected chi connectivity index (χ4v) is 2.80. The topological polar surface area (TPSA) is 81.5 Å². The van der Waals surface area contributed by atoms with Crippen LogP contribution in [0.2, 0.25) is 0 Å². The van der Waals surface area contributed by atoms with Crippen LogP contribution in [0.3, 0.4) is 0 Å². The second-order valence-corrected chi connectivity index (χ2v) is 6.22. The second-order valence-electron chi connectivity index (χ2n) is 6.22. The van der Waals surface area contributed by atoms with Gasteiger partial charge in [0.05, 0.1) is 23.7 Å². The Bertz CT molecular complexity index is 569. The van der Waals surface area contributed by atoms with Crippen LogP contribution in [0, 0.1) is 15.5 Å². The zero-order chi connectivity index (χ0) is 15.6. The Kier molecular flexibility index (Phi) is 4.16. The molecule has 0 radical (unpaired) electrons. The SMILES string of the molecule is COc1cc([N+](=O)[O-])ccc1C(=O)NC1CCC(C)(C)C1. The average molecular weight is 292 g/mol. The second kappa shape index (κ2) is 5.71. The van der Waals surface area contributed by atoms with E-state index in [9.17, 15) is 14.9 Å². The Morgan fingerprint density at radius 2 is 2.19 bits per heavy atom. The average Bonchev–Trinajstić information content (AvgIpc) is 2.76. The summed E-state index contributed by atoms with van der Waals surface area (Å²) in [7, 11) is 1.40. The first kappa shape index (κ1) is 15.3. The van der Waals surface area contributed by atoms with Crippen molar-refractivity contribution >= 4 is 11.6 Å². The molecule has 0 spiro atoms. The minimum atomic E-state index is -0.510. The Balaban J connectivity index is 2.14. The van der Waals surface area contributed by atoms with Crippen LogP contribution in [0.15, 0.2) is 18.2 Å². The van der Waals surface area contributed by atoms with Crippen LogP contribution in [0.4, 0.5) is 5.69 Å². The molecule has 1 amide bonds. The van der Waals surface area contributed by atoms with Gasteiger partial charge in [0.1, 0.15) is 5.75 Å². The van der Waals surface area contributed by atoms with E-state index in [1.54, 1.807) is 0 Å². The lowest BCUT2D eigenvalue weighted by Gasteiger charge is -2.18. The van der Waals surface area contributed by atoms with Crippen molar-refractivity contribution in [3.63, 3.8) is 0 Å². The van der Waals surface area contributed by atoms with Crippen molar-refractivity contribution < 1.29 is 14.5 Å². The van der Waals surface area contributed by atoms with E-state index in [1.807, 2.05) is 0 Å². The highest BCUT2D eigenvalue weighted by molar-refractivity contribution is 5.97. The fraction of sp³-hybridized carbons (Fsp3) is 0.533. The van der Waals surface area contributed by atoms with Crippen molar-refractivity contribution in [3.8, 4) is 5.75 Å². The van der Waals surface area contributed by atoms with Gasteiger partial charge in [-0.25, -0.2) is 0 Å². The van der Waals surface area contributed by atoms with Crippen molar-refractivity contribution in [1.29, 1.82) is 0 Å². The van der Waals surface area contributed by atoms with Gasteiger partial charge in [-0.2, -0.15) is 0 Å². The maximum atomic E-state index is 12.3. The lowest BCUT2D eigenvalue weighted by atomic mass is 9.92. The normalized spacial score (nSPS) is 20.0. The summed E-state index contributed by atoms with van der Waals surface area (Å²) in [5.41, 5.74) is 0.482. The first-order valence-electron chi connectivity index (χ1n) is 6.96. The highest BCUT2D eigenvalue weighted by Gasteiger charge is 2.32. The van der Waals surface area contributed by atoms with Crippen LogP contribution in [0.1, 0.15) is 43.5 Å². The maximum absolute atomic E-state index is 12.3. The van der Waals surface area contributed by atoms with Gasteiger partial charge in [-0.05, 0) is 30.7 Å². The molecular weight excluding hydrogens is 272 g/mol. The van der Waals surface area contributed by atoms with E-state index < -0.39 is 4.92 Å². The Morgan fingerprint density at radius 1 is 1.48 bits per heavy atom. The number of hydrogen-bond acceptors (Lipinski definition) is 4. The predicted octanol–water partition coefficient (Wildman–Crippen LogP) is 2.91. The first-order chi connectivity index (χ1) is 9.82. The third kappa shape index (κ3) is 3.51. The summed E-state index contributed by atoms with van der Waals surface area (Å²) >= 11 is 0. The zero-order valence-electron chi connectivity index (χ0n) is 12.5. The number of rotatable bonds is 4. The number of amides is 1. The largest absolute Gasteiger partial charge is 0.496 e. The summed E-state index contributed by atoms with van der Waals surface area (Å²) in [5.74, 6) is -0.0246. The Morgan fingerprint density at radius 3 is 2.71 bits per heavy atom. The number of nitrogens with one attached hydrogen (secondary N) is 1. The number of non-ortho nitro benzene ring substituents is 1. The lowest BCUT2D eigenvalue weighted by Crippen LogP contribution is -2.33. The molecule has 0 bridgehead atoms. The van der Waals surface area contributed by atoms with Crippen LogP contribution >= 0.6 is 0 Å². The number of nitrogens with zero attached hydrogens (tertiary/aromatic N) is 1. The molecular formula is C15H20N2O4. The van der Waals surface area contributed by atoms with Crippen molar-refractivity contribution in [2.24, 2.45) is 5.41 Å². The summed E-state index contributed by atoms with van der Waals surface area (Å²) < 4.78 is 5.10. The molecule has 0 aliphatic heterocycles. The lowest BCUT2D eigenvalue weighted by molar-refractivity contribution is -0.384. The molecule has 6 heteroatoms. The van der Waals surface area contributed by atoms with Gasteiger partial charge in [0.15, 0.2) is 0 Å². The quantitative estimate of drug-likeness (QED) is 0.683. The molecule has 1 atom stereocenters. The molecule has 21 heavy (non-hydrogen) atoms. The van der Waals surface area contributed by atoms with Gasteiger partial charge in [-0.1, -0.05) is 13.8 Å². The molecule has 0 heterocycles. The molecule has 1 aliphatic carbocycles. The summed E-state index contributed by atoms with van der Waals surface area (Å²) in [5, 5.41) is 13.7. The predicted molar refractivity (Wildman–Crippen MR) is 78.5 cm³/mol. The van der Waals surface area contributed by atoms with Crippen LogP contribution < -0.4 is 10.1 Å². The van der Waals surface area contributed by atoms with Crippen LogP contribution in [0.5, 0.6) is 5.75 Å². The molecule has 1 unspecified atom stereocenters. The molecule has 1 aromatic rings. The molecule has 1 fully saturated rings. The molecule has 6 nitrogen and oxygen atoms in total. The maximum Gasteiger partial charge on any atom is 0.273 e. The van der Waals surface area contributed by atoms with Gasteiger partial charge in [-0.3, -0.25) is 14.9 Å². The van der Waals surface area contributed by atoms with Gasteiger partial charge >= 0.3 is 0 Å². The number of benzene rings is 1. The molecule has 1 N–H and O–H groups in total. The van der Waals surface area contributed by atoms with Gasteiger partial charge < -0.3 is 10.1 Å². The Hall–Kier alpha value is -2.11. The van der Waals surface area contributed by atoms with Crippen molar-refractivity contribution in [1.82, 2.24) is 5.32 Å². The highest BCUT2D eigenvalue weighted by atomic mass is 16.6. The van der Waals surface area contributed by atoms with Crippen LogP contribution in [0.25, 0.3) is 0 Å². The van der Waals surface area contributed by atoms with Crippen LogP contribution in [-0.2, 0) is 0 Å². The van der Waals surface area contributed by atoms with Gasteiger partial charge in [0, 0.05) is 12.1 Å². The monoisotopic (exact) mass is 292 g/mol. The van der Waals surface area contributed by atoms with Gasteiger partial charge in [-0.15, -0.1) is 0 Å². The van der Waals surface area contributed by atoms with E-state index in [1.165, 1.54) is 25.3 Å². The smallest absolute Gasteiger partial charge is 0.273 e. The molecule has 2 rings (SSSR count). The number of carbonyl (C=O) groups is 1.